The van der Waals surface area contributed by atoms with Crippen molar-refractivity contribution in [3.8, 4) is 0 Å². The van der Waals surface area contributed by atoms with Crippen LogP contribution >= 0.6 is 0 Å². The van der Waals surface area contributed by atoms with E-state index in [0.29, 0.717) is 12.8 Å². The first-order valence-electron chi connectivity index (χ1n) is 4.87. The third-order valence-corrected chi connectivity index (χ3v) is 5.17. The molecule has 0 unspecified atom stereocenters. The SMILES string of the molecule is CC(C)C1(S(=O)(=O)O)CCCCC1. The molecule has 0 saturated heterocycles. The highest BCUT2D eigenvalue weighted by Crippen LogP contribution is 2.40. The minimum atomic E-state index is -3.89. The molecule has 0 spiro atoms. The van der Waals surface area contributed by atoms with Gasteiger partial charge < -0.3 is 0 Å². The predicted molar refractivity (Wildman–Crippen MR) is 52.2 cm³/mol. The lowest BCUT2D eigenvalue weighted by Crippen LogP contribution is -2.44. The lowest BCUT2D eigenvalue weighted by Gasteiger charge is -2.37. The fraction of sp³-hybridized carbons (Fsp3) is 1.00. The molecular weight excluding hydrogens is 188 g/mol. The fourth-order valence-corrected chi connectivity index (χ4v) is 3.68. The maximum Gasteiger partial charge on any atom is 0.270 e. The van der Waals surface area contributed by atoms with Crippen LogP contribution < -0.4 is 0 Å². The van der Waals surface area contributed by atoms with E-state index in [9.17, 15) is 13.0 Å². The van der Waals surface area contributed by atoms with Crippen LogP contribution in [0.25, 0.3) is 0 Å². The fourth-order valence-electron chi connectivity index (χ4n) is 2.28. The van der Waals surface area contributed by atoms with Crippen molar-refractivity contribution >= 4 is 10.1 Å². The van der Waals surface area contributed by atoms with Gasteiger partial charge in [0.15, 0.2) is 0 Å². The van der Waals surface area contributed by atoms with Crippen molar-refractivity contribution in [2.75, 3.05) is 0 Å². The average Bonchev–Trinajstić information content (AvgIpc) is 2.03. The van der Waals surface area contributed by atoms with E-state index in [4.69, 9.17) is 0 Å². The summed E-state index contributed by atoms with van der Waals surface area (Å²) in [5.74, 6) is 0.00259. The van der Waals surface area contributed by atoms with Crippen LogP contribution in [0.4, 0.5) is 0 Å². The first-order valence-corrected chi connectivity index (χ1v) is 6.31. The Hall–Kier alpha value is -0.0900. The molecular formula is C9H18O3S. The van der Waals surface area contributed by atoms with Gasteiger partial charge >= 0.3 is 0 Å². The average molecular weight is 206 g/mol. The standard InChI is InChI=1S/C9H18O3S/c1-8(2)9(13(10,11)12)6-4-3-5-7-9/h8H,3-7H2,1-2H3,(H,10,11,12). The van der Waals surface area contributed by atoms with Gasteiger partial charge in [0.25, 0.3) is 10.1 Å². The van der Waals surface area contributed by atoms with Crippen molar-refractivity contribution in [1.82, 2.24) is 0 Å². The van der Waals surface area contributed by atoms with Crippen molar-refractivity contribution < 1.29 is 13.0 Å². The van der Waals surface area contributed by atoms with E-state index in [-0.39, 0.29) is 5.92 Å². The van der Waals surface area contributed by atoms with Gasteiger partial charge in [-0.3, -0.25) is 4.55 Å². The summed E-state index contributed by atoms with van der Waals surface area (Å²) in [6, 6.07) is 0. The summed E-state index contributed by atoms with van der Waals surface area (Å²) in [7, 11) is -3.89. The zero-order valence-electron chi connectivity index (χ0n) is 8.28. The molecule has 0 atom stereocenters. The van der Waals surface area contributed by atoms with Gasteiger partial charge in [0, 0.05) is 0 Å². The Morgan fingerprint density at radius 1 is 1.15 bits per heavy atom. The van der Waals surface area contributed by atoms with Crippen LogP contribution in [0.3, 0.4) is 0 Å². The molecule has 1 fully saturated rings. The third kappa shape index (κ3) is 1.89. The summed E-state index contributed by atoms with van der Waals surface area (Å²) in [5, 5.41) is 0. The number of rotatable bonds is 2. The molecule has 0 radical (unpaired) electrons. The van der Waals surface area contributed by atoms with Crippen molar-refractivity contribution in [3.05, 3.63) is 0 Å². The molecule has 0 heterocycles. The van der Waals surface area contributed by atoms with E-state index in [2.05, 4.69) is 0 Å². The Kier molecular flexibility index (Phi) is 3.02. The second-order valence-electron chi connectivity index (χ2n) is 4.26. The van der Waals surface area contributed by atoms with Crippen LogP contribution in [0.2, 0.25) is 0 Å². The van der Waals surface area contributed by atoms with Crippen LogP contribution in [0.15, 0.2) is 0 Å². The van der Waals surface area contributed by atoms with Crippen molar-refractivity contribution in [2.24, 2.45) is 5.92 Å². The van der Waals surface area contributed by atoms with Crippen LogP contribution in [-0.4, -0.2) is 17.7 Å². The van der Waals surface area contributed by atoms with Gasteiger partial charge in [-0.1, -0.05) is 33.1 Å². The van der Waals surface area contributed by atoms with Gasteiger partial charge in [-0.15, -0.1) is 0 Å². The van der Waals surface area contributed by atoms with E-state index in [1.54, 1.807) is 0 Å². The van der Waals surface area contributed by atoms with Gasteiger partial charge in [-0.25, -0.2) is 0 Å². The minimum absolute atomic E-state index is 0.00259. The molecule has 0 bridgehead atoms. The summed E-state index contributed by atoms with van der Waals surface area (Å²) in [4.78, 5) is 0. The summed E-state index contributed by atoms with van der Waals surface area (Å²) in [6.07, 6.45) is 4.15. The lowest BCUT2D eigenvalue weighted by molar-refractivity contribution is 0.277. The normalized spacial score (nSPS) is 23.4. The van der Waals surface area contributed by atoms with Crippen molar-refractivity contribution in [1.29, 1.82) is 0 Å². The van der Waals surface area contributed by atoms with E-state index < -0.39 is 14.9 Å². The molecule has 1 aliphatic carbocycles. The second kappa shape index (κ2) is 3.58. The minimum Gasteiger partial charge on any atom is -0.285 e. The molecule has 1 N–H and O–H groups in total. The first kappa shape index (κ1) is 11.0. The van der Waals surface area contributed by atoms with Gasteiger partial charge in [-0.2, -0.15) is 8.42 Å². The number of hydrogen-bond donors (Lipinski definition) is 1. The Labute approximate surface area is 80.3 Å². The predicted octanol–water partition coefficient (Wildman–Crippen LogP) is 2.23. The zero-order valence-corrected chi connectivity index (χ0v) is 9.10. The molecule has 0 aromatic carbocycles. The molecule has 0 aliphatic heterocycles. The monoisotopic (exact) mass is 206 g/mol. The first-order chi connectivity index (χ1) is 5.90. The molecule has 0 amide bonds. The van der Waals surface area contributed by atoms with Crippen LogP contribution in [0.5, 0.6) is 0 Å². The van der Waals surface area contributed by atoms with Gasteiger partial charge in [0.05, 0.1) is 4.75 Å². The van der Waals surface area contributed by atoms with Gasteiger partial charge in [0.2, 0.25) is 0 Å². The lowest BCUT2D eigenvalue weighted by atomic mass is 9.81. The third-order valence-electron chi connectivity index (χ3n) is 3.27. The topological polar surface area (TPSA) is 54.4 Å². The van der Waals surface area contributed by atoms with Crippen LogP contribution in [-0.2, 0) is 10.1 Å². The Bertz CT molecular complexity index is 261. The van der Waals surface area contributed by atoms with Gasteiger partial charge in [0.1, 0.15) is 0 Å². The van der Waals surface area contributed by atoms with Crippen LogP contribution in [0, 0.1) is 5.92 Å². The highest BCUT2D eigenvalue weighted by Gasteiger charge is 2.46. The van der Waals surface area contributed by atoms with Crippen LogP contribution in [0.1, 0.15) is 46.0 Å². The van der Waals surface area contributed by atoms with Gasteiger partial charge in [-0.05, 0) is 18.8 Å². The van der Waals surface area contributed by atoms with E-state index >= 15 is 0 Å². The molecule has 4 heteroatoms. The van der Waals surface area contributed by atoms with Crippen molar-refractivity contribution in [2.45, 2.75) is 50.7 Å². The zero-order chi connectivity index (χ0) is 10.1. The van der Waals surface area contributed by atoms with E-state index in [1.165, 1.54) is 0 Å². The highest BCUT2D eigenvalue weighted by atomic mass is 32.2. The summed E-state index contributed by atoms with van der Waals surface area (Å²) < 4.78 is 31.0. The molecule has 1 saturated carbocycles. The molecule has 78 valence electrons. The highest BCUT2D eigenvalue weighted by molar-refractivity contribution is 7.87. The summed E-state index contributed by atoms with van der Waals surface area (Å²) in [6.45, 7) is 3.75. The van der Waals surface area contributed by atoms with E-state index in [0.717, 1.165) is 19.3 Å². The van der Waals surface area contributed by atoms with E-state index in [1.807, 2.05) is 13.8 Å². The Balaban J connectivity index is 3.00. The summed E-state index contributed by atoms with van der Waals surface area (Å²) >= 11 is 0. The molecule has 3 nitrogen and oxygen atoms in total. The summed E-state index contributed by atoms with van der Waals surface area (Å²) in [5.41, 5.74) is 0. The number of hydrogen-bond acceptors (Lipinski definition) is 2. The maximum absolute atomic E-state index is 11.3. The smallest absolute Gasteiger partial charge is 0.270 e. The molecule has 1 aliphatic rings. The Morgan fingerprint density at radius 2 is 1.62 bits per heavy atom. The quantitative estimate of drug-likeness (QED) is 0.705. The second-order valence-corrected chi connectivity index (χ2v) is 6.02. The van der Waals surface area contributed by atoms with Crippen molar-refractivity contribution in [3.63, 3.8) is 0 Å². The molecule has 1 rings (SSSR count). The Morgan fingerprint density at radius 3 is 1.85 bits per heavy atom. The largest absolute Gasteiger partial charge is 0.285 e. The molecule has 0 aromatic heterocycles. The molecule has 13 heavy (non-hydrogen) atoms. The molecule has 0 aromatic rings. The maximum atomic E-state index is 11.3.